The summed E-state index contributed by atoms with van der Waals surface area (Å²) < 4.78 is 18.2. The van der Waals surface area contributed by atoms with E-state index in [4.69, 9.17) is 13.9 Å². The molecule has 0 aromatic heterocycles. The molecule has 2 aliphatic rings. The number of hydrogen-bond acceptors (Lipinski definition) is 5. The van der Waals surface area contributed by atoms with Gasteiger partial charge in [0.05, 0.1) is 19.6 Å². The molecule has 0 unspecified atom stereocenters. The first kappa shape index (κ1) is 20.4. The summed E-state index contributed by atoms with van der Waals surface area (Å²) >= 11 is 0. The summed E-state index contributed by atoms with van der Waals surface area (Å²) in [6.07, 6.45) is 0.640. The van der Waals surface area contributed by atoms with Crippen LogP contribution in [0.25, 0.3) is 0 Å². The molecule has 0 saturated carbocycles. The highest BCUT2D eigenvalue weighted by atomic mass is 28.4. The number of anilines is 1. The zero-order valence-electron chi connectivity index (χ0n) is 17.7. The van der Waals surface area contributed by atoms with Gasteiger partial charge < -0.3 is 18.8 Å². The number of carbonyl (C=O) groups is 1. The lowest BCUT2D eigenvalue weighted by Gasteiger charge is -2.44. The molecule has 0 radical (unpaired) electrons. The lowest BCUT2D eigenvalue weighted by atomic mass is 9.93. The van der Waals surface area contributed by atoms with Gasteiger partial charge in [-0.3, -0.25) is 4.79 Å². The van der Waals surface area contributed by atoms with E-state index in [0.29, 0.717) is 13.2 Å². The summed E-state index contributed by atoms with van der Waals surface area (Å²) in [5.74, 6) is -0.441. The van der Waals surface area contributed by atoms with Gasteiger partial charge in [0.2, 0.25) is 0 Å². The predicted octanol–water partition coefficient (Wildman–Crippen LogP) is 4.28. The van der Waals surface area contributed by atoms with Crippen LogP contribution in [0.4, 0.5) is 5.69 Å². The Kier molecular flexibility index (Phi) is 5.21. The van der Waals surface area contributed by atoms with Crippen LogP contribution >= 0.6 is 0 Å². The second-order valence-corrected chi connectivity index (χ2v) is 14.0. The van der Waals surface area contributed by atoms with Crippen molar-refractivity contribution in [2.75, 3.05) is 25.2 Å². The predicted molar refractivity (Wildman–Crippen MR) is 109 cm³/mol. The molecule has 5 nitrogen and oxygen atoms in total. The first-order valence-electron chi connectivity index (χ1n) is 9.79. The average molecular weight is 392 g/mol. The molecule has 1 saturated heterocycles. The largest absolute Gasteiger partial charge is 0.469 e. The maximum Gasteiger partial charge on any atom is 0.310 e. The summed E-state index contributed by atoms with van der Waals surface area (Å²) in [6.45, 7) is 14.5. The lowest BCUT2D eigenvalue weighted by molar-refractivity contribution is -0.144. The van der Waals surface area contributed by atoms with Gasteiger partial charge >= 0.3 is 5.97 Å². The summed E-state index contributed by atoms with van der Waals surface area (Å²) in [4.78, 5) is 14.2. The third-order valence-corrected chi connectivity index (χ3v) is 10.9. The maximum atomic E-state index is 12.0. The Hall–Kier alpha value is -1.37. The number of benzene rings is 1. The van der Waals surface area contributed by atoms with E-state index in [0.717, 1.165) is 12.1 Å². The monoisotopic (exact) mass is 391 g/mol. The number of rotatable bonds is 5. The zero-order chi connectivity index (χ0) is 20.0. The van der Waals surface area contributed by atoms with E-state index in [1.165, 1.54) is 12.7 Å². The number of esters is 1. The quantitative estimate of drug-likeness (QED) is 0.554. The number of nitrogens with zero attached hydrogens (tertiary/aromatic N) is 1. The van der Waals surface area contributed by atoms with E-state index < -0.39 is 13.9 Å². The Labute approximate surface area is 164 Å². The molecule has 1 aromatic rings. The van der Waals surface area contributed by atoms with Gasteiger partial charge in [0.25, 0.3) is 0 Å². The second kappa shape index (κ2) is 6.90. The van der Waals surface area contributed by atoms with Gasteiger partial charge in [-0.1, -0.05) is 45.9 Å². The van der Waals surface area contributed by atoms with Crippen LogP contribution in [0.5, 0.6) is 0 Å². The Morgan fingerprint density at radius 2 is 2.04 bits per heavy atom. The fourth-order valence-electron chi connectivity index (χ4n) is 3.93. The van der Waals surface area contributed by atoms with E-state index in [9.17, 15) is 4.79 Å². The number of para-hydroxylation sites is 1. The van der Waals surface area contributed by atoms with E-state index in [2.05, 4.69) is 57.0 Å². The number of carbonyl (C=O) groups excluding carboxylic acids is 1. The third-order valence-electron chi connectivity index (χ3n) is 6.42. The fourth-order valence-corrected chi connectivity index (χ4v) is 5.46. The molecule has 150 valence electrons. The first-order chi connectivity index (χ1) is 12.5. The number of fused-ring (bicyclic) bond motifs is 3. The van der Waals surface area contributed by atoms with Crippen molar-refractivity contribution in [1.82, 2.24) is 0 Å². The normalized spacial score (nSPS) is 25.9. The van der Waals surface area contributed by atoms with E-state index in [1.54, 1.807) is 0 Å². The van der Waals surface area contributed by atoms with Crippen molar-refractivity contribution in [3.63, 3.8) is 0 Å². The summed E-state index contributed by atoms with van der Waals surface area (Å²) in [5, 5.41) is 0.108. The number of methoxy groups -OCH3 is 1. The number of hydrogen-bond donors (Lipinski definition) is 0. The molecule has 6 heteroatoms. The van der Waals surface area contributed by atoms with Gasteiger partial charge in [0.1, 0.15) is 5.60 Å². The van der Waals surface area contributed by atoms with Gasteiger partial charge in [0, 0.05) is 24.2 Å². The highest BCUT2D eigenvalue weighted by Gasteiger charge is 2.59. The Balaban J connectivity index is 2.01. The number of ether oxygens (including phenoxy) is 2. The molecule has 0 spiro atoms. The summed E-state index contributed by atoms with van der Waals surface area (Å²) in [6, 6.07) is 8.37. The van der Waals surface area contributed by atoms with Gasteiger partial charge in [-0.05, 0) is 24.2 Å². The smallest absolute Gasteiger partial charge is 0.310 e. The van der Waals surface area contributed by atoms with Gasteiger partial charge in [-0.2, -0.15) is 0 Å². The molecule has 3 atom stereocenters. The highest BCUT2D eigenvalue weighted by molar-refractivity contribution is 6.74. The third kappa shape index (κ3) is 3.32. The first-order valence-corrected chi connectivity index (χ1v) is 12.7. The van der Waals surface area contributed by atoms with E-state index >= 15 is 0 Å². The van der Waals surface area contributed by atoms with Crippen LogP contribution < -0.4 is 4.90 Å². The van der Waals surface area contributed by atoms with Crippen molar-refractivity contribution in [2.24, 2.45) is 5.92 Å². The standard InChI is InChI=1S/C21H33NO4Si/c1-15(18(23)24-5)14-22-17-11-9-8-10-16(17)21(12-13-25-19(21)22)26-27(6,7)20(2,3)4/h8-11,15,19H,12-14H2,1-7H3/t15-,19-,21+/m0/s1. The Morgan fingerprint density at radius 3 is 2.67 bits per heavy atom. The van der Waals surface area contributed by atoms with Crippen LogP contribution in [0.2, 0.25) is 18.1 Å². The van der Waals surface area contributed by atoms with Crippen LogP contribution in [-0.4, -0.2) is 40.8 Å². The molecular formula is C21H33NO4Si. The van der Waals surface area contributed by atoms with E-state index in [-0.39, 0.29) is 23.2 Å². The average Bonchev–Trinajstić information content (AvgIpc) is 3.10. The Morgan fingerprint density at radius 1 is 1.37 bits per heavy atom. The van der Waals surface area contributed by atoms with Crippen molar-refractivity contribution in [3.8, 4) is 0 Å². The van der Waals surface area contributed by atoms with Crippen LogP contribution in [-0.2, 0) is 24.3 Å². The lowest BCUT2D eigenvalue weighted by Crippen LogP contribution is -2.53. The molecule has 27 heavy (non-hydrogen) atoms. The molecule has 0 aliphatic carbocycles. The Bertz CT molecular complexity index is 714. The fraction of sp³-hybridized carbons (Fsp3) is 0.667. The van der Waals surface area contributed by atoms with E-state index in [1.807, 2.05) is 13.0 Å². The van der Waals surface area contributed by atoms with Crippen LogP contribution in [0.1, 0.15) is 39.7 Å². The highest BCUT2D eigenvalue weighted by Crippen LogP contribution is 2.55. The molecule has 0 amide bonds. The van der Waals surface area contributed by atoms with Crippen molar-refractivity contribution in [3.05, 3.63) is 29.8 Å². The SMILES string of the molecule is COC(=O)[C@@H](C)CN1c2ccccc2[C@]2(O[Si](C)(C)C(C)(C)C)CCO[C@H]12. The summed E-state index contributed by atoms with van der Waals surface area (Å²) in [7, 11) is -0.592. The van der Waals surface area contributed by atoms with Gasteiger partial charge in [-0.15, -0.1) is 0 Å². The van der Waals surface area contributed by atoms with Crippen molar-refractivity contribution in [2.45, 2.75) is 64.1 Å². The van der Waals surface area contributed by atoms with Crippen molar-refractivity contribution < 1.29 is 18.7 Å². The second-order valence-electron chi connectivity index (χ2n) is 9.32. The molecule has 1 aromatic carbocycles. The van der Waals surface area contributed by atoms with Gasteiger partial charge in [-0.25, -0.2) is 0 Å². The van der Waals surface area contributed by atoms with Crippen LogP contribution in [0.3, 0.4) is 0 Å². The van der Waals surface area contributed by atoms with Crippen molar-refractivity contribution >= 4 is 20.0 Å². The topological polar surface area (TPSA) is 48.0 Å². The van der Waals surface area contributed by atoms with Crippen LogP contribution in [0, 0.1) is 5.92 Å². The van der Waals surface area contributed by atoms with Crippen molar-refractivity contribution in [1.29, 1.82) is 0 Å². The summed E-state index contributed by atoms with van der Waals surface area (Å²) in [5.41, 5.74) is 1.83. The minimum absolute atomic E-state index is 0.108. The molecule has 0 bridgehead atoms. The molecule has 2 aliphatic heterocycles. The zero-order valence-corrected chi connectivity index (χ0v) is 18.7. The minimum atomic E-state index is -2.03. The molecule has 2 heterocycles. The maximum absolute atomic E-state index is 12.0. The molecule has 1 fully saturated rings. The molecule has 0 N–H and O–H groups in total. The van der Waals surface area contributed by atoms with Crippen LogP contribution in [0.15, 0.2) is 24.3 Å². The minimum Gasteiger partial charge on any atom is -0.469 e. The molecule has 3 rings (SSSR count). The van der Waals surface area contributed by atoms with Gasteiger partial charge in [0.15, 0.2) is 14.5 Å². The molecular weight excluding hydrogens is 358 g/mol.